The molecule has 1 fully saturated rings. The molecule has 8 heteroatoms. The van der Waals surface area contributed by atoms with E-state index >= 15 is 0 Å². The van der Waals surface area contributed by atoms with Gasteiger partial charge in [-0.2, -0.15) is 5.10 Å². The highest BCUT2D eigenvalue weighted by molar-refractivity contribution is 6.29. The van der Waals surface area contributed by atoms with E-state index in [1.807, 2.05) is 19.2 Å². The molecule has 4 aromatic rings. The van der Waals surface area contributed by atoms with Gasteiger partial charge in [0.2, 0.25) is 0 Å². The number of benzene rings is 2. The number of rotatable bonds is 6. The van der Waals surface area contributed by atoms with E-state index in [-0.39, 0.29) is 11.8 Å². The van der Waals surface area contributed by atoms with E-state index in [2.05, 4.69) is 56.8 Å². The number of aromatic nitrogens is 4. The molecule has 2 heterocycles. The van der Waals surface area contributed by atoms with Crippen LogP contribution >= 0.6 is 11.6 Å². The largest absolute Gasteiger partial charge is 0.481 e. The van der Waals surface area contributed by atoms with E-state index in [1.54, 1.807) is 17.1 Å². The Labute approximate surface area is 189 Å². The summed E-state index contributed by atoms with van der Waals surface area (Å²) in [6.07, 6.45) is 5.62. The maximum atomic E-state index is 11.1. The number of nitrogens with zero attached hydrogens (tertiary/aromatic N) is 4. The van der Waals surface area contributed by atoms with Crippen molar-refractivity contribution >= 4 is 29.2 Å². The molecule has 0 saturated heterocycles. The Hall–Kier alpha value is -3.71. The van der Waals surface area contributed by atoms with E-state index in [0.717, 1.165) is 40.1 Å². The lowest BCUT2D eigenvalue weighted by atomic mass is 9.99. The average molecular weight is 446 g/mol. The molecule has 160 valence electrons. The summed E-state index contributed by atoms with van der Waals surface area (Å²) >= 11 is 5.95. The van der Waals surface area contributed by atoms with Gasteiger partial charge in [0.15, 0.2) is 5.82 Å². The zero-order valence-electron chi connectivity index (χ0n) is 17.2. The Morgan fingerprint density at radius 1 is 1.03 bits per heavy atom. The van der Waals surface area contributed by atoms with Gasteiger partial charge in [-0.1, -0.05) is 60.1 Å². The lowest BCUT2D eigenvalue weighted by molar-refractivity contribution is -0.138. The average Bonchev–Trinajstić information content (AvgIpc) is 3.53. The van der Waals surface area contributed by atoms with Gasteiger partial charge in [0.25, 0.3) is 0 Å². The highest BCUT2D eigenvalue weighted by atomic mass is 35.5. The molecule has 0 spiro atoms. The van der Waals surface area contributed by atoms with Crippen LogP contribution in [0.4, 0.5) is 11.6 Å². The van der Waals surface area contributed by atoms with E-state index in [0.29, 0.717) is 11.0 Å². The highest BCUT2D eigenvalue weighted by Crippen LogP contribution is 2.47. The van der Waals surface area contributed by atoms with Crippen LogP contribution in [0.15, 0.2) is 67.1 Å². The number of nitrogens with one attached hydrogen (secondary N) is 1. The van der Waals surface area contributed by atoms with Gasteiger partial charge in [-0.05, 0) is 34.6 Å². The van der Waals surface area contributed by atoms with Crippen molar-refractivity contribution in [2.24, 2.45) is 13.0 Å². The Kier molecular flexibility index (Phi) is 5.11. The van der Waals surface area contributed by atoms with Crippen LogP contribution in [0.25, 0.3) is 22.3 Å². The molecule has 0 amide bonds. The number of carboxylic acid groups (broad SMARTS) is 1. The maximum Gasteiger partial charge on any atom is 0.307 e. The van der Waals surface area contributed by atoms with Crippen molar-refractivity contribution in [3.05, 3.63) is 77.8 Å². The molecule has 1 aliphatic carbocycles. The van der Waals surface area contributed by atoms with Gasteiger partial charge < -0.3 is 10.4 Å². The number of aliphatic carboxylic acids is 1. The van der Waals surface area contributed by atoms with Crippen molar-refractivity contribution in [2.75, 3.05) is 5.32 Å². The molecule has 2 N–H and O–H groups in total. The fourth-order valence-electron chi connectivity index (χ4n) is 3.92. The first-order valence-electron chi connectivity index (χ1n) is 10.2. The molecule has 1 saturated carbocycles. The summed E-state index contributed by atoms with van der Waals surface area (Å²) in [5, 5.41) is 17.1. The third-order valence-corrected chi connectivity index (χ3v) is 5.95. The molecule has 7 nitrogen and oxygen atoms in total. The van der Waals surface area contributed by atoms with E-state index in [1.165, 1.54) is 6.20 Å². The topological polar surface area (TPSA) is 92.9 Å². The van der Waals surface area contributed by atoms with Crippen LogP contribution in [-0.2, 0) is 11.8 Å². The van der Waals surface area contributed by atoms with Crippen LogP contribution < -0.4 is 5.32 Å². The van der Waals surface area contributed by atoms with Crippen molar-refractivity contribution in [2.45, 2.75) is 12.3 Å². The first kappa shape index (κ1) is 20.2. The van der Waals surface area contributed by atoms with Crippen LogP contribution in [-0.4, -0.2) is 30.8 Å². The van der Waals surface area contributed by atoms with Gasteiger partial charge in [-0.3, -0.25) is 14.5 Å². The van der Waals surface area contributed by atoms with Gasteiger partial charge >= 0.3 is 5.97 Å². The Morgan fingerprint density at radius 3 is 2.31 bits per heavy atom. The van der Waals surface area contributed by atoms with E-state index in [4.69, 9.17) is 16.7 Å². The SMILES string of the molecule is Cn1ncc(-c2ccc(-c3ccc(C4CC4C(=O)O)cc3)cc2)c1Nc1cncc(Cl)n1. The zero-order valence-corrected chi connectivity index (χ0v) is 18.0. The fraction of sp³-hybridized carbons (Fsp3) is 0.167. The van der Waals surface area contributed by atoms with Crippen molar-refractivity contribution in [1.29, 1.82) is 0 Å². The van der Waals surface area contributed by atoms with Gasteiger partial charge in [-0.15, -0.1) is 0 Å². The first-order valence-corrected chi connectivity index (χ1v) is 10.6. The molecule has 2 atom stereocenters. The lowest BCUT2D eigenvalue weighted by Gasteiger charge is -2.10. The molecule has 32 heavy (non-hydrogen) atoms. The summed E-state index contributed by atoms with van der Waals surface area (Å²) in [7, 11) is 1.86. The predicted molar refractivity (Wildman–Crippen MR) is 123 cm³/mol. The number of hydrogen-bond donors (Lipinski definition) is 2. The van der Waals surface area contributed by atoms with Crippen LogP contribution in [0.5, 0.6) is 0 Å². The van der Waals surface area contributed by atoms with E-state index < -0.39 is 5.97 Å². The molecule has 0 bridgehead atoms. The van der Waals surface area contributed by atoms with Gasteiger partial charge in [0, 0.05) is 12.6 Å². The second-order valence-corrected chi connectivity index (χ2v) is 8.26. The summed E-state index contributed by atoms with van der Waals surface area (Å²) in [6, 6.07) is 16.4. The molecule has 2 aromatic heterocycles. The number of hydrogen-bond acceptors (Lipinski definition) is 5. The highest BCUT2D eigenvalue weighted by Gasteiger charge is 2.43. The minimum atomic E-state index is -0.707. The van der Waals surface area contributed by atoms with Gasteiger partial charge in [0.05, 0.1) is 24.5 Å². The van der Waals surface area contributed by atoms with Crippen LogP contribution in [0.2, 0.25) is 5.15 Å². The fourth-order valence-corrected chi connectivity index (χ4v) is 4.07. The molecule has 0 radical (unpaired) electrons. The normalized spacial score (nSPS) is 17.2. The zero-order chi connectivity index (χ0) is 22.2. The summed E-state index contributed by atoms with van der Waals surface area (Å²) in [6.45, 7) is 0. The standard InChI is InChI=1S/C24H20ClN5O2/c1-30-23(29-22-13-26-12-21(25)28-22)20(11-27-30)17-8-4-15(5-9-17)14-2-6-16(7-3-14)18-10-19(18)24(31)32/h2-9,11-13,18-19H,10H2,1H3,(H,28,29)(H,31,32). The Balaban J connectivity index is 1.36. The van der Waals surface area contributed by atoms with Crippen molar-refractivity contribution in [3.63, 3.8) is 0 Å². The van der Waals surface area contributed by atoms with Crippen molar-refractivity contribution < 1.29 is 9.90 Å². The minimum absolute atomic E-state index is 0.143. The monoisotopic (exact) mass is 445 g/mol. The first-order chi connectivity index (χ1) is 15.5. The summed E-state index contributed by atoms with van der Waals surface area (Å²) in [5.41, 5.74) is 5.22. The van der Waals surface area contributed by atoms with Gasteiger partial charge in [-0.25, -0.2) is 4.98 Å². The number of aryl methyl sites for hydroxylation is 1. The lowest BCUT2D eigenvalue weighted by Crippen LogP contribution is -2.02. The summed E-state index contributed by atoms with van der Waals surface area (Å²) in [4.78, 5) is 19.4. The van der Waals surface area contributed by atoms with Crippen molar-refractivity contribution in [3.8, 4) is 22.3 Å². The molecule has 5 rings (SSSR count). The molecule has 0 aliphatic heterocycles. The Bertz CT molecular complexity index is 1280. The Morgan fingerprint density at radius 2 is 1.69 bits per heavy atom. The summed E-state index contributed by atoms with van der Waals surface area (Å²) in [5.74, 6) is 0.530. The second kappa shape index (κ2) is 8.09. The summed E-state index contributed by atoms with van der Waals surface area (Å²) < 4.78 is 1.74. The number of anilines is 2. The van der Waals surface area contributed by atoms with Crippen LogP contribution in [0, 0.1) is 5.92 Å². The number of halogens is 1. The second-order valence-electron chi connectivity index (χ2n) is 7.87. The maximum absolute atomic E-state index is 11.1. The predicted octanol–water partition coefficient (Wildman–Crippen LogP) is 5.13. The van der Waals surface area contributed by atoms with Crippen LogP contribution in [0.1, 0.15) is 17.9 Å². The third kappa shape index (κ3) is 3.94. The third-order valence-electron chi connectivity index (χ3n) is 5.77. The molecule has 1 aliphatic rings. The number of carboxylic acids is 1. The van der Waals surface area contributed by atoms with Gasteiger partial charge in [0.1, 0.15) is 11.0 Å². The molecular weight excluding hydrogens is 426 g/mol. The smallest absolute Gasteiger partial charge is 0.307 e. The molecule has 2 aromatic carbocycles. The minimum Gasteiger partial charge on any atom is -0.481 e. The van der Waals surface area contributed by atoms with Crippen molar-refractivity contribution in [1.82, 2.24) is 19.7 Å². The molecular formula is C24H20ClN5O2. The van der Waals surface area contributed by atoms with E-state index in [9.17, 15) is 4.79 Å². The molecule has 2 unspecified atom stereocenters. The number of carbonyl (C=O) groups is 1. The quantitative estimate of drug-likeness (QED) is 0.427. The van der Waals surface area contributed by atoms with Crippen LogP contribution in [0.3, 0.4) is 0 Å².